The standard InChI is InChI=1S/C17H22N2O.2ClH/c1-13(19-11-9-18-10-12-19)14-7-8-17(20-2)16-6-4-3-5-15(14)16;;/h3-8,13,18H,9-12H2,1-2H3;2*1H/t13-;;/m0../s1. The van der Waals surface area contributed by atoms with Crippen LogP contribution in [-0.2, 0) is 0 Å². The van der Waals surface area contributed by atoms with E-state index >= 15 is 0 Å². The lowest BCUT2D eigenvalue weighted by molar-refractivity contribution is 0.186. The molecule has 0 unspecified atom stereocenters. The average Bonchev–Trinajstić information content (AvgIpc) is 2.54. The minimum absolute atomic E-state index is 0. The fourth-order valence-electron chi connectivity index (χ4n) is 3.10. The van der Waals surface area contributed by atoms with Gasteiger partial charge in [-0.1, -0.05) is 30.3 Å². The van der Waals surface area contributed by atoms with Crippen LogP contribution in [0.25, 0.3) is 10.8 Å². The zero-order valence-corrected chi connectivity index (χ0v) is 14.7. The Hall–Kier alpha value is -1.000. The number of hydrogen-bond acceptors (Lipinski definition) is 3. The second kappa shape index (κ2) is 8.59. The Kier molecular flexibility index (Phi) is 7.43. The number of nitrogens with zero attached hydrogens (tertiary/aromatic N) is 1. The molecule has 2 aromatic carbocycles. The maximum Gasteiger partial charge on any atom is 0.126 e. The average molecular weight is 343 g/mol. The lowest BCUT2D eigenvalue weighted by Crippen LogP contribution is -2.44. The summed E-state index contributed by atoms with van der Waals surface area (Å²) < 4.78 is 5.48. The third kappa shape index (κ3) is 3.66. The molecule has 3 nitrogen and oxygen atoms in total. The number of ether oxygens (including phenoxy) is 1. The zero-order chi connectivity index (χ0) is 13.9. The highest BCUT2D eigenvalue weighted by Gasteiger charge is 2.20. The molecule has 0 spiro atoms. The van der Waals surface area contributed by atoms with Crippen molar-refractivity contribution in [2.45, 2.75) is 13.0 Å². The Morgan fingerprint density at radius 2 is 1.64 bits per heavy atom. The lowest BCUT2D eigenvalue weighted by Gasteiger charge is -2.33. The molecular weight excluding hydrogens is 319 g/mol. The van der Waals surface area contributed by atoms with Crippen molar-refractivity contribution >= 4 is 35.6 Å². The molecule has 0 saturated carbocycles. The summed E-state index contributed by atoms with van der Waals surface area (Å²) in [5.74, 6) is 0.955. The van der Waals surface area contributed by atoms with Crippen molar-refractivity contribution in [2.75, 3.05) is 33.3 Å². The topological polar surface area (TPSA) is 24.5 Å². The Balaban J connectivity index is 0.00000121. The highest BCUT2D eigenvalue weighted by atomic mass is 35.5. The Morgan fingerprint density at radius 3 is 2.27 bits per heavy atom. The Morgan fingerprint density at radius 1 is 1.00 bits per heavy atom. The number of benzene rings is 2. The van der Waals surface area contributed by atoms with Gasteiger partial charge in [0.15, 0.2) is 0 Å². The van der Waals surface area contributed by atoms with Gasteiger partial charge >= 0.3 is 0 Å². The van der Waals surface area contributed by atoms with E-state index in [9.17, 15) is 0 Å². The van der Waals surface area contributed by atoms with Gasteiger partial charge in [0.2, 0.25) is 0 Å². The second-order valence-electron chi connectivity index (χ2n) is 5.36. The van der Waals surface area contributed by atoms with E-state index in [1.807, 2.05) is 0 Å². The summed E-state index contributed by atoms with van der Waals surface area (Å²) in [5.41, 5.74) is 1.39. The van der Waals surface area contributed by atoms with Crippen LogP contribution in [0.4, 0.5) is 0 Å². The van der Waals surface area contributed by atoms with Crippen LogP contribution >= 0.6 is 24.8 Å². The van der Waals surface area contributed by atoms with Gasteiger partial charge in [0, 0.05) is 37.6 Å². The summed E-state index contributed by atoms with van der Waals surface area (Å²) in [7, 11) is 1.74. The number of rotatable bonds is 3. The van der Waals surface area contributed by atoms with Gasteiger partial charge in [0.25, 0.3) is 0 Å². The van der Waals surface area contributed by atoms with Gasteiger partial charge in [-0.2, -0.15) is 0 Å². The monoisotopic (exact) mass is 342 g/mol. The van der Waals surface area contributed by atoms with Gasteiger partial charge in [-0.15, -0.1) is 24.8 Å². The first kappa shape index (κ1) is 19.0. The summed E-state index contributed by atoms with van der Waals surface area (Å²) in [5, 5.41) is 5.92. The van der Waals surface area contributed by atoms with Crippen molar-refractivity contribution in [3.8, 4) is 5.75 Å². The van der Waals surface area contributed by atoms with Crippen molar-refractivity contribution < 1.29 is 4.74 Å². The predicted molar refractivity (Wildman–Crippen MR) is 97.9 cm³/mol. The number of hydrogen-bond donors (Lipinski definition) is 1. The molecule has 5 heteroatoms. The summed E-state index contributed by atoms with van der Waals surface area (Å²) in [4.78, 5) is 2.55. The van der Waals surface area contributed by atoms with E-state index in [2.05, 4.69) is 53.5 Å². The molecule has 1 aliphatic heterocycles. The highest BCUT2D eigenvalue weighted by Crippen LogP contribution is 2.33. The molecule has 1 heterocycles. The van der Waals surface area contributed by atoms with Crippen LogP contribution in [0, 0.1) is 0 Å². The lowest BCUT2D eigenvalue weighted by atomic mass is 9.97. The maximum absolute atomic E-state index is 5.48. The molecule has 0 radical (unpaired) electrons. The minimum atomic E-state index is 0. The summed E-state index contributed by atoms with van der Waals surface area (Å²) in [6.07, 6.45) is 0. The van der Waals surface area contributed by atoms with Crippen molar-refractivity contribution in [3.63, 3.8) is 0 Å². The Labute approximate surface area is 144 Å². The SMILES string of the molecule is COc1ccc([C@H](C)N2CCNCC2)c2ccccc12.Cl.Cl. The van der Waals surface area contributed by atoms with Gasteiger partial charge in [0.05, 0.1) is 7.11 Å². The first-order valence-corrected chi connectivity index (χ1v) is 7.31. The maximum atomic E-state index is 5.48. The molecule has 122 valence electrons. The molecule has 0 amide bonds. The van der Waals surface area contributed by atoms with Crippen molar-refractivity contribution in [2.24, 2.45) is 0 Å². The summed E-state index contributed by atoms with van der Waals surface area (Å²) in [6, 6.07) is 13.3. The van der Waals surface area contributed by atoms with E-state index in [0.717, 1.165) is 31.9 Å². The van der Waals surface area contributed by atoms with Gasteiger partial charge in [-0.3, -0.25) is 4.90 Å². The van der Waals surface area contributed by atoms with Crippen molar-refractivity contribution in [1.29, 1.82) is 0 Å². The molecule has 1 atom stereocenters. The molecule has 0 bridgehead atoms. The number of nitrogens with one attached hydrogen (secondary N) is 1. The van der Waals surface area contributed by atoms with E-state index in [1.54, 1.807) is 7.11 Å². The number of piperazine rings is 1. The van der Waals surface area contributed by atoms with Crippen LogP contribution in [0.5, 0.6) is 5.75 Å². The molecule has 2 aromatic rings. The molecule has 1 aliphatic rings. The quantitative estimate of drug-likeness (QED) is 0.921. The first-order chi connectivity index (χ1) is 9.81. The first-order valence-electron chi connectivity index (χ1n) is 7.31. The van der Waals surface area contributed by atoms with E-state index in [-0.39, 0.29) is 24.8 Å². The Bertz CT molecular complexity index is 600. The van der Waals surface area contributed by atoms with E-state index in [4.69, 9.17) is 4.74 Å². The summed E-state index contributed by atoms with van der Waals surface area (Å²) >= 11 is 0. The smallest absolute Gasteiger partial charge is 0.126 e. The minimum Gasteiger partial charge on any atom is -0.496 e. The molecule has 0 aliphatic carbocycles. The zero-order valence-electron chi connectivity index (χ0n) is 13.0. The van der Waals surface area contributed by atoms with Gasteiger partial charge in [0.1, 0.15) is 5.75 Å². The van der Waals surface area contributed by atoms with Crippen molar-refractivity contribution in [1.82, 2.24) is 10.2 Å². The number of fused-ring (bicyclic) bond motifs is 1. The largest absolute Gasteiger partial charge is 0.496 e. The molecule has 22 heavy (non-hydrogen) atoms. The summed E-state index contributed by atoms with van der Waals surface area (Å²) in [6.45, 7) is 6.69. The molecule has 3 rings (SSSR count). The second-order valence-corrected chi connectivity index (χ2v) is 5.36. The van der Waals surface area contributed by atoms with Gasteiger partial charge in [-0.25, -0.2) is 0 Å². The van der Waals surface area contributed by atoms with Crippen LogP contribution in [0.2, 0.25) is 0 Å². The third-order valence-corrected chi connectivity index (χ3v) is 4.29. The van der Waals surface area contributed by atoms with E-state index < -0.39 is 0 Å². The van der Waals surface area contributed by atoms with Crippen LogP contribution < -0.4 is 10.1 Å². The number of methoxy groups -OCH3 is 1. The van der Waals surface area contributed by atoms with Gasteiger partial charge < -0.3 is 10.1 Å². The number of halogens is 2. The van der Waals surface area contributed by atoms with Crippen LogP contribution in [0.15, 0.2) is 36.4 Å². The molecule has 1 fully saturated rings. The van der Waals surface area contributed by atoms with Crippen LogP contribution in [0.1, 0.15) is 18.5 Å². The predicted octanol–water partition coefficient (Wildman–Crippen LogP) is 3.66. The normalized spacial score (nSPS) is 16.5. The third-order valence-electron chi connectivity index (χ3n) is 4.29. The molecule has 0 aromatic heterocycles. The van der Waals surface area contributed by atoms with E-state index in [0.29, 0.717) is 6.04 Å². The molecule has 1 saturated heterocycles. The fraction of sp³-hybridized carbons (Fsp3) is 0.412. The molecular formula is C17H24Cl2N2O. The highest BCUT2D eigenvalue weighted by molar-refractivity contribution is 5.91. The van der Waals surface area contributed by atoms with Gasteiger partial charge in [-0.05, 0) is 23.9 Å². The van der Waals surface area contributed by atoms with Crippen LogP contribution in [0.3, 0.4) is 0 Å². The fourth-order valence-corrected chi connectivity index (χ4v) is 3.10. The van der Waals surface area contributed by atoms with Crippen LogP contribution in [-0.4, -0.2) is 38.2 Å². The van der Waals surface area contributed by atoms with E-state index in [1.165, 1.54) is 16.3 Å². The van der Waals surface area contributed by atoms with Crippen molar-refractivity contribution in [3.05, 3.63) is 42.0 Å². The molecule has 1 N–H and O–H groups in total.